The fourth-order valence-electron chi connectivity index (χ4n) is 1.85. The lowest BCUT2D eigenvalue weighted by Gasteiger charge is -2.08. The van der Waals surface area contributed by atoms with E-state index in [1.165, 1.54) is 29.2 Å². The smallest absolute Gasteiger partial charge is 0.255 e. The van der Waals surface area contributed by atoms with Crippen LogP contribution in [0, 0.1) is 0 Å². The van der Waals surface area contributed by atoms with Crippen LogP contribution in [-0.2, 0) is 0 Å². The molecule has 1 heterocycles. The van der Waals surface area contributed by atoms with E-state index in [9.17, 15) is 9.90 Å². The summed E-state index contributed by atoms with van der Waals surface area (Å²) < 4.78 is 1.48. The van der Waals surface area contributed by atoms with E-state index in [1.807, 2.05) is 0 Å². The Morgan fingerprint density at radius 2 is 1.95 bits per heavy atom. The predicted molar refractivity (Wildman–Crippen MR) is 80.2 cm³/mol. The monoisotopic (exact) mass is 315 g/mol. The van der Waals surface area contributed by atoms with Gasteiger partial charge in [-0.25, -0.2) is 4.68 Å². The Bertz CT molecular complexity index is 803. The molecule has 22 heavy (non-hydrogen) atoms. The third kappa shape index (κ3) is 2.89. The number of hydrogen-bond acceptors (Lipinski definition) is 5. The maximum Gasteiger partial charge on any atom is 0.255 e. The van der Waals surface area contributed by atoms with E-state index < -0.39 is 0 Å². The molecule has 110 valence electrons. The highest BCUT2D eigenvalue weighted by Gasteiger charge is 2.10. The van der Waals surface area contributed by atoms with Crippen molar-refractivity contribution in [1.82, 2.24) is 20.2 Å². The van der Waals surface area contributed by atoms with Crippen LogP contribution in [0.5, 0.6) is 5.75 Å². The number of benzene rings is 2. The Kier molecular flexibility index (Phi) is 3.71. The molecule has 0 atom stereocenters. The molecule has 0 aliphatic carbocycles. The summed E-state index contributed by atoms with van der Waals surface area (Å²) in [4.78, 5) is 12.2. The highest BCUT2D eigenvalue weighted by molar-refractivity contribution is 6.31. The standard InChI is InChI=1S/C14H10ClN5O2/c15-10-3-6-13(21)12(7-10)17-14(22)9-1-4-11(5-2-9)20-8-16-18-19-20/h1-8,21H,(H,17,22). The van der Waals surface area contributed by atoms with Crippen LogP contribution >= 0.6 is 11.6 Å². The molecule has 0 saturated carbocycles. The Morgan fingerprint density at radius 1 is 1.18 bits per heavy atom. The molecule has 1 aromatic heterocycles. The van der Waals surface area contributed by atoms with Crippen molar-refractivity contribution in [1.29, 1.82) is 0 Å². The summed E-state index contributed by atoms with van der Waals surface area (Å²) in [5.41, 5.74) is 1.41. The second kappa shape index (κ2) is 5.82. The molecule has 0 spiro atoms. The Balaban J connectivity index is 1.79. The number of amides is 1. The summed E-state index contributed by atoms with van der Waals surface area (Å²) in [5.74, 6) is -0.413. The number of phenolic OH excluding ortho intramolecular Hbond substituents is 1. The summed E-state index contributed by atoms with van der Waals surface area (Å²) in [6.07, 6.45) is 1.46. The van der Waals surface area contributed by atoms with Gasteiger partial charge in [0.05, 0.1) is 11.4 Å². The average molecular weight is 316 g/mol. The first kappa shape index (κ1) is 14.0. The van der Waals surface area contributed by atoms with Crippen molar-refractivity contribution >= 4 is 23.2 Å². The van der Waals surface area contributed by atoms with Crippen LogP contribution < -0.4 is 5.32 Å². The number of aromatic nitrogens is 4. The molecule has 0 aliphatic rings. The zero-order valence-electron chi connectivity index (χ0n) is 11.1. The van der Waals surface area contributed by atoms with Gasteiger partial charge in [-0.3, -0.25) is 4.79 Å². The van der Waals surface area contributed by atoms with E-state index in [-0.39, 0.29) is 17.3 Å². The lowest BCUT2D eigenvalue weighted by atomic mass is 10.2. The van der Waals surface area contributed by atoms with Crippen LogP contribution in [0.25, 0.3) is 5.69 Å². The normalized spacial score (nSPS) is 10.4. The Hall–Kier alpha value is -2.93. The first-order valence-electron chi connectivity index (χ1n) is 6.27. The number of tetrazole rings is 1. The summed E-state index contributed by atoms with van der Waals surface area (Å²) in [5, 5.41) is 23.6. The van der Waals surface area contributed by atoms with Crippen LogP contribution in [0.4, 0.5) is 5.69 Å². The van der Waals surface area contributed by atoms with Crippen molar-refractivity contribution in [2.45, 2.75) is 0 Å². The van der Waals surface area contributed by atoms with Gasteiger partial charge in [0.1, 0.15) is 12.1 Å². The topological polar surface area (TPSA) is 92.9 Å². The number of carbonyl (C=O) groups is 1. The number of hydrogen-bond donors (Lipinski definition) is 2. The minimum absolute atomic E-state index is 0.0527. The van der Waals surface area contributed by atoms with E-state index in [1.54, 1.807) is 24.3 Å². The first-order valence-corrected chi connectivity index (χ1v) is 6.64. The number of rotatable bonds is 3. The molecule has 2 aromatic carbocycles. The van der Waals surface area contributed by atoms with Crippen molar-refractivity contribution in [3.63, 3.8) is 0 Å². The van der Waals surface area contributed by atoms with E-state index in [4.69, 9.17) is 11.6 Å². The molecule has 2 N–H and O–H groups in total. The highest BCUT2D eigenvalue weighted by Crippen LogP contribution is 2.27. The van der Waals surface area contributed by atoms with Gasteiger partial charge in [0.2, 0.25) is 0 Å². The molecular formula is C14H10ClN5O2. The number of nitrogens with one attached hydrogen (secondary N) is 1. The molecule has 8 heteroatoms. The van der Waals surface area contributed by atoms with E-state index >= 15 is 0 Å². The highest BCUT2D eigenvalue weighted by atomic mass is 35.5. The summed E-state index contributed by atoms with van der Waals surface area (Å²) in [6, 6.07) is 11.1. The van der Waals surface area contributed by atoms with Crippen LogP contribution in [0.1, 0.15) is 10.4 Å². The molecule has 0 fully saturated rings. The molecular weight excluding hydrogens is 306 g/mol. The summed E-state index contributed by atoms with van der Waals surface area (Å²) in [7, 11) is 0. The summed E-state index contributed by atoms with van der Waals surface area (Å²) in [6.45, 7) is 0. The van der Waals surface area contributed by atoms with Gasteiger partial charge in [0.25, 0.3) is 5.91 Å². The molecule has 0 unspecified atom stereocenters. The average Bonchev–Trinajstić information content (AvgIpc) is 3.05. The number of aromatic hydroxyl groups is 1. The second-order valence-electron chi connectivity index (χ2n) is 4.42. The third-order valence-corrected chi connectivity index (χ3v) is 3.18. The van der Waals surface area contributed by atoms with Crippen LogP contribution in [0.15, 0.2) is 48.8 Å². The van der Waals surface area contributed by atoms with Crippen molar-refractivity contribution in [2.75, 3.05) is 5.32 Å². The zero-order valence-corrected chi connectivity index (χ0v) is 11.9. The largest absolute Gasteiger partial charge is 0.506 e. The van der Waals surface area contributed by atoms with E-state index in [0.29, 0.717) is 10.6 Å². The maximum atomic E-state index is 12.2. The molecule has 0 radical (unpaired) electrons. The lowest BCUT2D eigenvalue weighted by Crippen LogP contribution is -2.12. The minimum Gasteiger partial charge on any atom is -0.506 e. The molecule has 7 nitrogen and oxygen atoms in total. The zero-order chi connectivity index (χ0) is 15.5. The fourth-order valence-corrected chi connectivity index (χ4v) is 2.02. The fraction of sp³-hybridized carbons (Fsp3) is 0. The van der Waals surface area contributed by atoms with Crippen LogP contribution in [0.3, 0.4) is 0 Å². The third-order valence-electron chi connectivity index (χ3n) is 2.95. The summed E-state index contributed by atoms with van der Waals surface area (Å²) >= 11 is 5.84. The van der Waals surface area contributed by atoms with Gasteiger partial charge < -0.3 is 10.4 Å². The second-order valence-corrected chi connectivity index (χ2v) is 4.85. The van der Waals surface area contributed by atoms with E-state index in [0.717, 1.165) is 5.69 Å². The van der Waals surface area contributed by atoms with Gasteiger partial charge in [0, 0.05) is 10.6 Å². The van der Waals surface area contributed by atoms with Gasteiger partial charge >= 0.3 is 0 Å². The SMILES string of the molecule is O=C(Nc1cc(Cl)ccc1O)c1ccc(-n2cnnn2)cc1. The lowest BCUT2D eigenvalue weighted by molar-refractivity contribution is 0.102. The number of carbonyl (C=O) groups excluding carboxylic acids is 1. The minimum atomic E-state index is -0.360. The van der Waals surface area contributed by atoms with Gasteiger partial charge in [-0.15, -0.1) is 5.10 Å². The molecule has 1 amide bonds. The van der Waals surface area contributed by atoms with Gasteiger partial charge in [-0.1, -0.05) is 11.6 Å². The molecule has 0 bridgehead atoms. The van der Waals surface area contributed by atoms with Crippen molar-refractivity contribution in [3.05, 3.63) is 59.4 Å². The maximum absolute atomic E-state index is 12.2. The quantitative estimate of drug-likeness (QED) is 0.723. The van der Waals surface area contributed by atoms with Gasteiger partial charge in [-0.2, -0.15) is 0 Å². The van der Waals surface area contributed by atoms with E-state index in [2.05, 4.69) is 20.8 Å². The van der Waals surface area contributed by atoms with Crippen molar-refractivity contribution in [2.24, 2.45) is 0 Å². The number of anilines is 1. The van der Waals surface area contributed by atoms with Gasteiger partial charge in [0.15, 0.2) is 0 Å². The van der Waals surface area contributed by atoms with Crippen molar-refractivity contribution < 1.29 is 9.90 Å². The van der Waals surface area contributed by atoms with Gasteiger partial charge in [-0.05, 0) is 52.9 Å². The molecule has 3 aromatic rings. The molecule has 3 rings (SSSR count). The predicted octanol–water partition coefficient (Wildman–Crippen LogP) is 2.27. The van der Waals surface area contributed by atoms with Crippen molar-refractivity contribution in [3.8, 4) is 11.4 Å². The first-order chi connectivity index (χ1) is 10.6. The Morgan fingerprint density at radius 3 is 2.64 bits per heavy atom. The Labute approximate surface area is 130 Å². The molecule has 0 aliphatic heterocycles. The molecule has 0 saturated heterocycles. The number of nitrogens with zero attached hydrogens (tertiary/aromatic N) is 4. The number of phenols is 1. The number of halogens is 1. The van der Waals surface area contributed by atoms with Crippen LogP contribution in [-0.4, -0.2) is 31.2 Å². The van der Waals surface area contributed by atoms with Crippen LogP contribution in [0.2, 0.25) is 5.02 Å².